The number of hydrogen-bond donors (Lipinski definition) is 1. The first-order valence-electron chi connectivity index (χ1n) is 15.7. The molecule has 43 heavy (non-hydrogen) atoms. The molecule has 0 saturated heterocycles. The average molecular weight is 557 g/mol. The number of benzene rings is 2. The van der Waals surface area contributed by atoms with Crippen LogP contribution in [0.15, 0.2) is 132 Å². The summed E-state index contributed by atoms with van der Waals surface area (Å²) in [6.07, 6.45) is 31.4. The van der Waals surface area contributed by atoms with E-state index in [9.17, 15) is 0 Å². The molecule has 0 radical (unpaired) electrons. The van der Waals surface area contributed by atoms with Crippen LogP contribution in [-0.2, 0) is 6.42 Å². The Kier molecular flexibility index (Phi) is 6.56. The number of fused-ring (bicyclic) bond motifs is 3. The first kappa shape index (κ1) is 26.0. The number of pyridine rings is 1. The van der Waals surface area contributed by atoms with Gasteiger partial charge in [-0.25, -0.2) is 0 Å². The van der Waals surface area contributed by atoms with E-state index in [1.165, 1.54) is 66.1 Å². The predicted molar refractivity (Wildman–Crippen MR) is 180 cm³/mol. The first-order chi connectivity index (χ1) is 21.2. The van der Waals surface area contributed by atoms with E-state index < -0.39 is 0 Å². The summed E-state index contributed by atoms with van der Waals surface area (Å²) in [4.78, 5) is 4.62. The molecule has 2 heteroatoms. The van der Waals surface area contributed by atoms with Crippen LogP contribution in [0.2, 0.25) is 0 Å². The van der Waals surface area contributed by atoms with Crippen molar-refractivity contribution in [3.05, 3.63) is 160 Å². The molecule has 1 aliphatic heterocycles. The van der Waals surface area contributed by atoms with E-state index in [-0.39, 0.29) is 0 Å². The lowest BCUT2D eigenvalue weighted by Gasteiger charge is -2.36. The summed E-state index contributed by atoms with van der Waals surface area (Å²) in [6.45, 7) is 3.06. The van der Waals surface area contributed by atoms with Crippen molar-refractivity contribution in [2.24, 2.45) is 11.8 Å². The van der Waals surface area contributed by atoms with Crippen molar-refractivity contribution in [1.29, 1.82) is 0 Å². The minimum Gasteiger partial charge on any atom is -0.387 e. The number of dihydropyridines is 1. The van der Waals surface area contributed by atoms with Crippen LogP contribution in [0, 0.1) is 11.8 Å². The highest BCUT2D eigenvalue weighted by molar-refractivity contribution is 5.86. The van der Waals surface area contributed by atoms with Crippen LogP contribution in [0.25, 0.3) is 33.9 Å². The molecule has 2 aromatic carbocycles. The van der Waals surface area contributed by atoms with Gasteiger partial charge in [-0.15, -0.1) is 0 Å². The molecule has 2 nitrogen and oxygen atoms in total. The number of allylic oxidation sites excluding steroid dienone is 11. The minimum atomic E-state index is 0.365. The molecule has 2 heterocycles. The highest BCUT2D eigenvalue weighted by Crippen LogP contribution is 2.44. The normalized spacial score (nSPS) is 22.0. The smallest absolute Gasteiger partial charge is 0.0347 e. The third kappa shape index (κ3) is 4.62. The Hall–Kier alpha value is -4.69. The van der Waals surface area contributed by atoms with Crippen molar-refractivity contribution in [3.8, 4) is 11.1 Å². The first-order valence-corrected chi connectivity index (χ1v) is 15.7. The fourth-order valence-corrected chi connectivity index (χ4v) is 7.61. The fraction of sp³-hybridized carbons (Fsp3) is 0.195. The molecular weight excluding hydrogens is 520 g/mol. The van der Waals surface area contributed by atoms with Gasteiger partial charge >= 0.3 is 0 Å². The number of rotatable bonds is 4. The second-order valence-electron chi connectivity index (χ2n) is 12.3. The van der Waals surface area contributed by atoms with Gasteiger partial charge in [0.05, 0.1) is 0 Å². The number of hydrogen-bond acceptors (Lipinski definition) is 2. The van der Waals surface area contributed by atoms with Crippen molar-refractivity contribution in [3.63, 3.8) is 0 Å². The Morgan fingerprint density at radius 1 is 0.767 bits per heavy atom. The largest absolute Gasteiger partial charge is 0.387 e. The van der Waals surface area contributed by atoms with Gasteiger partial charge in [0.2, 0.25) is 0 Å². The molecule has 2 atom stereocenters. The monoisotopic (exact) mass is 556 g/mol. The molecule has 0 saturated carbocycles. The molecule has 0 amide bonds. The van der Waals surface area contributed by atoms with Crippen LogP contribution >= 0.6 is 0 Å². The Morgan fingerprint density at radius 3 is 2.33 bits per heavy atom. The summed E-state index contributed by atoms with van der Waals surface area (Å²) in [6, 6.07) is 18.4. The lowest BCUT2D eigenvalue weighted by molar-refractivity contribution is 0.673. The molecule has 2 unspecified atom stereocenters. The third-order valence-corrected chi connectivity index (χ3v) is 9.73. The van der Waals surface area contributed by atoms with Gasteiger partial charge in [0.15, 0.2) is 0 Å². The van der Waals surface area contributed by atoms with E-state index in [2.05, 4.69) is 127 Å². The summed E-state index contributed by atoms with van der Waals surface area (Å²) in [5.41, 5.74) is 14.9. The Morgan fingerprint density at radius 2 is 1.56 bits per heavy atom. The number of nitrogens with zero attached hydrogens (tertiary/aromatic N) is 1. The van der Waals surface area contributed by atoms with Crippen LogP contribution in [0.3, 0.4) is 0 Å². The Balaban J connectivity index is 1.21. The second-order valence-corrected chi connectivity index (χ2v) is 12.3. The standard InChI is InChI=1S/C41H36N2/c1-27-19-20-42-26-39(27)34-23-33(24-43-25-34)31-16-15-30-22-32(18-17-29(30)21-31)41-37-13-7-5-11-35(37)40(28-9-3-2-4-10-28)36-12-6-8-14-38(36)41/h2-3,5-9,11-16,19,21-26,35,37,42H,4,10,17-18,20H2,1H3. The highest BCUT2D eigenvalue weighted by atomic mass is 14.8. The SMILES string of the molecule is CC1=CCNC=C1c1cncc(-c2ccc3c(c2)CCC(C2=c4ccccc4=C(C4=CC=CCC4)C4C=CC=CC24)=C3)c1. The molecular formula is C41H36N2. The van der Waals surface area contributed by atoms with E-state index in [1.54, 1.807) is 0 Å². The Labute approximate surface area is 254 Å². The van der Waals surface area contributed by atoms with E-state index >= 15 is 0 Å². The van der Waals surface area contributed by atoms with E-state index in [1.807, 2.05) is 12.4 Å². The Bertz CT molecular complexity index is 1990. The molecule has 8 rings (SSSR count). The lowest BCUT2D eigenvalue weighted by atomic mass is 9.68. The summed E-state index contributed by atoms with van der Waals surface area (Å²) >= 11 is 0. The van der Waals surface area contributed by atoms with Crippen LogP contribution in [0.1, 0.15) is 42.9 Å². The van der Waals surface area contributed by atoms with E-state index in [4.69, 9.17) is 0 Å². The topological polar surface area (TPSA) is 24.9 Å². The fourth-order valence-electron chi connectivity index (χ4n) is 7.61. The van der Waals surface area contributed by atoms with Gasteiger partial charge in [-0.1, -0.05) is 97.1 Å². The van der Waals surface area contributed by atoms with Crippen LogP contribution in [-0.4, -0.2) is 11.5 Å². The van der Waals surface area contributed by atoms with Gasteiger partial charge in [0, 0.05) is 53.7 Å². The van der Waals surface area contributed by atoms with Crippen LogP contribution in [0.4, 0.5) is 0 Å². The average Bonchev–Trinajstić information content (AvgIpc) is 3.07. The molecule has 4 aliphatic carbocycles. The molecule has 3 aromatic rings. The van der Waals surface area contributed by atoms with Gasteiger partial charge in [-0.3, -0.25) is 4.98 Å². The van der Waals surface area contributed by atoms with Crippen molar-refractivity contribution >= 4 is 22.8 Å². The van der Waals surface area contributed by atoms with Crippen molar-refractivity contribution in [1.82, 2.24) is 10.3 Å². The van der Waals surface area contributed by atoms with E-state index in [0.29, 0.717) is 11.8 Å². The van der Waals surface area contributed by atoms with Crippen LogP contribution < -0.4 is 15.8 Å². The van der Waals surface area contributed by atoms with Gasteiger partial charge < -0.3 is 5.32 Å². The summed E-state index contributed by atoms with van der Waals surface area (Å²) in [7, 11) is 0. The molecule has 1 aromatic heterocycles. The zero-order valence-corrected chi connectivity index (χ0v) is 24.7. The molecule has 1 N–H and O–H groups in total. The number of aryl methyl sites for hydroxylation is 1. The molecule has 0 bridgehead atoms. The molecule has 210 valence electrons. The lowest BCUT2D eigenvalue weighted by Crippen LogP contribution is -2.40. The van der Waals surface area contributed by atoms with E-state index in [0.717, 1.165) is 37.8 Å². The quantitative estimate of drug-likeness (QED) is 0.358. The second kappa shape index (κ2) is 10.9. The maximum atomic E-state index is 4.62. The highest BCUT2D eigenvalue weighted by Gasteiger charge is 2.33. The molecule has 0 spiro atoms. The van der Waals surface area contributed by atoms with Gasteiger partial charge in [-0.05, 0) is 93.7 Å². The van der Waals surface area contributed by atoms with Crippen molar-refractivity contribution in [2.75, 3.05) is 6.54 Å². The minimum absolute atomic E-state index is 0.365. The maximum absolute atomic E-state index is 4.62. The van der Waals surface area contributed by atoms with Crippen molar-refractivity contribution in [2.45, 2.75) is 32.6 Å². The summed E-state index contributed by atoms with van der Waals surface area (Å²) in [5, 5.41) is 6.18. The zero-order valence-electron chi connectivity index (χ0n) is 24.7. The predicted octanol–water partition coefficient (Wildman–Crippen LogP) is 7.62. The third-order valence-electron chi connectivity index (χ3n) is 9.73. The van der Waals surface area contributed by atoms with Crippen LogP contribution in [0.5, 0.6) is 0 Å². The summed E-state index contributed by atoms with van der Waals surface area (Å²) < 4.78 is 0. The molecule has 0 fully saturated rings. The van der Waals surface area contributed by atoms with Crippen molar-refractivity contribution < 1.29 is 0 Å². The maximum Gasteiger partial charge on any atom is 0.0347 e. The number of nitrogens with one attached hydrogen (secondary N) is 1. The zero-order chi connectivity index (χ0) is 28.8. The summed E-state index contributed by atoms with van der Waals surface area (Å²) in [5.74, 6) is 0.744. The molecule has 5 aliphatic rings. The van der Waals surface area contributed by atoms with Gasteiger partial charge in [0.1, 0.15) is 0 Å². The van der Waals surface area contributed by atoms with Gasteiger partial charge in [-0.2, -0.15) is 0 Å². The number of aromatic nitrogens is 1. The van der Waals surface area contributed by atoms with Gasteiger partial charge in [0.25, 0.3) is 0 Å².